The molecule has 1 aliphatic heterocycles. The molecule has 0 unspecified atom stereocenters. The Morgan fingerprint density at radius 2 is 2.21 bits per heavy atom. The van der Waals surface area contributed by atoms with Crippen molar-refractivity contribution in [3.05, 3.63) is 29.3 Å². The van der Waals surface area contributed by atoms with Gasteiger partial charge < -0.3 is 10.0 Å². The molecule has 19 heavy (non-hydrogen) atoms. The predicted octanol–water partition coefficient (Wildman–Crippen LogP) is 2.77. The fourth-order valence-corrected chi connectivity index (χ4v) is 2.99. The average molecular weight is 262 g/mol. The van der Waals surface area contributed by atoms with Crippen LogP contribution in [0.4, 0.5) is 10.1 Å². The Balaban J connectivity index is 2.40. The number of aliphatic hydroxyl groups is 1. The lowest BCUT2D eigenvalue weighted by atomic mass is 9.97. The van der Waals surface area contributed by atoms with Gasteiger partial charge in [-0.3, -0.25) is 0 Å². The minimum Gasteiger partial charge on any atom is -0.388 e. The van der Waals surface area contributed by atoms with Gasteiger partial charge in [-0.15, -0.1) is 0 Å². The smallest absolute Gasteiger partial charge is 0.116 e. The summed E-state index contributed by atoms with van der Waals surface area (Å²) in [7, 11) is 0. The highest BCUT2D eigenvalue weighted by Gasteiger charge is 2.43. The van der Waals surface area contributed by atoms with Crippen LogP contribution in [-0.4, -0.2) is 22.8 Å². The van der Waals surface area contributed by atoms with Crippen molar-refractivity contribution in [1.29, 1.82) is 5.26 Å². The fraction of sp³-hybridized carbons (Fsp3) is 0.533. The van der Waals surface area contributed by atoms with Crippen molar-refractivity contribution in [2.45, 2.75) is 51.6 Å². The monoisotopic (exact) mass is 262 g/mol. The van der Waals surface area contributed by atoms with Crippen molar-refractivity contribution in [3.8, 4) is 6.07 Å². The summed E-state index contributed by atoms with van der Waals surface area (Å²) in [5.74, 6) is 0. The second kappa shape index (κ2) is 4.82. The van der Waals surface area contributed by atoms with Crippen LogP contribution in [0.3, 0.4) is 0 Å². The molecule has 4 heteroatoms. The molecule has 0 spiro atoms. The third kappa shape index (κ3) is 2.31. The molecule has 102 valence electrons. The minimum absolute atomic E-state index is 0.0390. The minimum atomic E-state index is -0.747. The van der Waals surface area contributed by atoms with Gasteiger partial charge in [-0.25, -0.2) is 4.39 Å². The van der Waals surface area contributed by atoms with Gasteiger partial charge in [0, 0.05) is 17.3 Å². The first-order valence-corrected chi connectivity index (χ1v) is 6.50. The van der Waals surface area contributed by atoms with Crippen LogP contribution >= 0.6 is 0 Å². The van der Waals surface area contributed by atoms with Gasteiger partial charge in [0.2, 0.25) is 0 Å². The molecule has 1 heterocycles. The average Bonchev–Trinajstić information content (AvgIpc) is 2.57. The van der Waals surface area contributed by atoms with E-state index in [2.05, 4.69) is 4.90 Å². The Kier molecular flexibility index (Phi) is 3.51. The van der Waals surface area contributed by atoms with Gasteiger partial charge >= 0.3 is 0 Å². The number of hydrogen-bond acceptors (Lipinski definition) is 3. The zero-order chi connectivity index (χ0) is 14.2. The van der Waals surface area contributed by atoms with E-state index in [1.165, 1.54) is 0 Å². The number of rotatable bonds is 2. The molecule has 0 bridgehead atoms. The number of halogens is 1. The van der Waals surface area contributed by atoms with Crippen LogP contribution in [0, 0.1) is 11.3 Å². The molecule has 0 amide bonds. The van der Waals surface area contributed by atoms with Crippen molar-refractivity contribution in [1.82, 2.24) is 0 Å². The molecule has 0 aliphatic carbocycles. The number of nitriles is 1. The van der Waals surface area contributed by atoms with Crippen molar-refractivity contribution >= 4 is 5.69 Å². The molecule has 1 aromatic carbocycles. The fourth-order valence-electron chi connectivity index (χ4n) is 2.99. The van der Waals surface area contributed by atoms with Crippen LogP contribution in [0.1, 0.15) is 38.3 Å². The van der Waals surface area contributed by atoms with Gasteiger partial charge in [-0.2, -0.15) is 5.26 Å². The maximum absolute atomic E-state index is 13.0. The van der Waals surface area contributed by atoms with Gasteiger partial charge in [-0.05, 0) is 45.4 Å². The summed E-state index contributed by atoms with van der Waals surface area (Å²) in [6, 6.07) is 7.33. The molecule has 0 radical (unpaired) electrons. The number of nitrogens with zero attached hydrogens (tertiary/aromatic N) is 2. The first-order chi connectivity index (χ1) is 8.90. The lowest BCUT2D eigenvalue weighted by Crippen LogP contribution is -2.41. The van der Waals surface area contributed by atoms with E-state index in [-0.39, 0.29) is 12.1 Å². The normalized spacial score (nSPS) is 30.4. The van der Waals surface area contributed by atoms with Crippen molar-refractivity contribution < 1.29 is 9.50 Å². The quantitative estimate of drug-likeness (QED) is 0.891. The SMILES string of the molecule is C[C@@H]1C[C@](C)(O)[C@H](C)N1c1ccc(C#N)c(CF)c1. The van der Waals surface area contributed by atoms with Gasteiger partial charge in [0.1, 0.15) is 6.67 Å². The van der Waals surface area contributed by atoms with Gasteiger partial charge in [-0.1, -0.05) is 0 Å². The Labute approximate surface area is 113 Å². The van der Waals surface area contributed by atoms with Crippen LogP contribution in [0.2, 0.25) is 0 Å². The molecular formula is C15H19FN2O. The number of alkyl halides is 1. The summed E-state index contributed by atoms with van der Waals surface area (Å²) < 4.78 is 13.0. The second-order valence-electron chi connectivity index (χ2n) is 5.58. The van der Waals surface area contributed by atoms with Gasteiger partial charge in [0.25, 0.3) is 0 Å². The molecular weight excluding hydrogens is 243 g/mol. The van der Waals surface area contributed by atoms with E-state index in [0.29, 0.717) is 17.5 Å². The van der Waals surface area contributed by atoms with Crippen molar-refractivity contribution in [3.63, 3.8) is 0 Å². The number of benzene rings is 1. The Hall–Kier alpha value is -1.60. The number of hydrogen-bond donors (Lipinski definition) is 1. The van der Waals surface area contributed by atoms with E-state index in [4.69, 9.17) is 5.26 Å². The third-order valence-corrected chi connectivity index (χ3v) is 4.15. The van der Waals surface area contributed by atoms with Crippen LogP contribution < -0.4 is 4.90 Å². The number of anilines is 1. The topological polar surface area (TPSA) is 47.3 Å². The lowest BCUT2D eigenvalue weighted by molar-refractivity contribution is 0.0547. The van der Waals surface area contributed by atoms with Crippen LogP contribution in [0.15, 0.2) is 18.2 Å². The molecule has 3 atom stereocenters. The van der Waals surface area contributed by atoms with Crippen LogP contribution in [-0.2, 0) is 6.67 Å². The van der Waals surface area contributed by atoms with E-state index >= 15 is 0 Å². The van der Waals surface area contributed by atoms with E-state index in [9.17, 15) is 9.50 Å². The van der Waals surface area contributed by atoms with Gasteiger partial charge in [0.15, 0.2) is 0 Å². The lowest BCUT2D eigenvalue weighted by Gasteiger charge is -2.32. The largest absolute Gasteiger partial charge is 0.388 e. The highest BCUT2D eigenvalue weighted by molar-refractivity contribution is 5.56. The molecule has 3 nitrogen and oxygen atoms in total. The molecule has 1 aliphatic rings. The summed E-state index contributed by atoms with van der Waals surface area (Å²) in [5.41, 5.74) is 0.899. The first kappa shape index (κ1) is 13.8. The zero-order valence-electron chi connectivity index (χ0n) is 11.5. The van der Waals surface area contributed by atoms with E-state index < -0.39 is 12.3 Å². The van der Waals surface area contributed by atoms with Crippen LogP contribution in [0.25, 0.3) is 0 Å². The Bertz CT molecular complexity index is 521. The predicted molar refractivity (Wildman–Crippen MR) is 72.6 cm³/mol. The molecule has 1 N–H and O–H groups in total. The van der Waals surface area contributed by atoms with E-state index in [1.807, 2.05) is 32.9 Å². The van der Waals surface area contributed by atoms with E-state index in [1.54, 1.807) is 12.1 Å². The standard InChI is InChI=1S/C15H19FN2O/c1-10-7-15(3,19)11(2)18(10)14-5-4-12(9-17)13(6-14)8-16/h4-6,10-11,19H,7-8H2,1-3H3/t10-,11+,15+/m1/s1. The zero-order valence-corrected chi connectivity index (χ0v) is 11.5. The summed E-state index contributed by atoms with van der Waals surface area (Å²) in [5, 5.41) is 19.2. The van der Waals surface area contributed by atoms with Crippen molar-refractivity contribution in [2.75, 3.05) is 4.90 Å². The molecule has 1 fully saturated rings. The Morgan fingerprint density at radius 3 is 2.68 bits per heavy atom. The molecule has 1 aromatic rings. The highest BCUT2D eigenvalue weighted by atomic mass is 19.1. The summed E-state index contributed by atoms with van der Waals surface area (Å²) in [6.07, 6.45) is 0.680. The molecule has 2 rings (SSSR count). The van der Waals surface area contributed by atoms with Crippen LogP contribution in [0.5, 0.6) is 0 Å². The summed E-state index contributed by atoms with van der Waals surface area (Å²) >= 11 is 0. The summed E-state index contributed by atoms with van der Waals surface area (Å²) in [4.78, 5) is 2.10. The maximum atomic E-state index is 13.0. The Morgan fingerprint density at radius 1 is 1.53 bits per heavy atom. The molecule has 0 saturated carbocycles. The third-order valence-electron chi connectivity index (χ3n) is 4.15. The molecule has 1 saturated heterocycles. The van der Waals surface area contributed by atoms with Crippen molar-refractivity contribution in [2.24, 2.45) is 0 Å². The first-order valence-electron chi connectivity index (χ1n) is 6.50. The van der Waals surface area contributed by atoms with Gasteiger partial charge in [0.05, 0.1) is 23.3 Å². The molecule has 0 aromatic heterocycles. The maximum Gasteiger partial charge on any atom is 0.116 e. The second-order valence-corrected chi connectivity index (χ2v) is 5.58. The van der Waals surface area contributed by atoms with E-state index in [0.717, 1.165) is 5.69 Å². The summed E-state index contributed by atoms with van der Waals surface area (Å²) in [6.45, 7) is 5.19. The highest BCUT2D eigenvalue weighted by Crippen LogP contribution is 2.37.